The number of ether oxygens (including phenoxy) is 1. The lowest BCUT2D eigenvalue weighted by atomic mass is 10.2. The van der Waals surface area contributed by atoms with E-state index in [4.69, 9.17) is 10.5 Å². The molecule has 1 saturated heterocycles. The molecule has 0 saturated carbocycles. The average molecular weight is 221 g/mol. The Morgan fingerprint density at radius 3 is 2.94 bits per heavy atom. The van der Waals surface area contributed by atoms with E-state index >= 15 is 0 Å². The molecule has 88 valence electrons. The van der Waals surface area contributed by atoms with Gasteiger partial charge in [0.05, 0.1) is 24.2 Å². The monoisotopic (exact) mass is 221 g/mol. The van der Waals surface area contributed by atoms with Crippen LogP contribution in [-0.4, -0.2) is 31.3 Å². The van der Waals surface area contributed by atoms with Crippen molar-refractivity contribution in [2.75, 3.05) is 31.2 Å². The van der Waals surface area contributed by atoms with Crippen molar-refractivity contribution in [2.24, 2.45) is 5.73 Å². The summed E-state index contributed by atoms with van der Waals surface area (Å²) in [7, 11) is 0. The van der Waals surface area contributed by atoms with Gasteiger partial charge in [0.1, 0.15) is 0 Å². The summed E-state index contributed by atoms with van der Waals surface area (Å²) in [6.07, 6.45) is 2.99. The summed E-state index contributed by atoms with van der Waals surface area (Å²) in [5, 5.41) is 0. The molecule has 0 spiro atoms. The fourth-order valence-electron chi connectivity index (χ4n) is 1.86. The van der Waals surface area contributed by atoms with Gasteiger partial charge in [0.25, 0.3) is 0 Å². The topological polar surface area (TPSA) is 51.4 Å². The van der Waals surface area contributed by atoms with Crippen molar-refractivity contribution in [3.05, 3.63) is 24.0 Å². The first-order valence-electron chi connectivity index (χ1n) is 5.81. The number of rotatable bonds is 2. The average Bonchev–Trinajstić information content (AvgIpc) is 2.57. The molecule has 1 fully saturated rings. The lowest BCUT2D eigenvalue weighted by Crippen LogP contribution is -2.26. The molecule has 0 aromatic carbocycles. The fraction of sp³-hybridized carbons (Fsp3) is 0.583. The molecule has 0 amide bonds. The minimum atomic E-state index is 0.00140. The predicted molar refractivity (Wildman–Crippen MR) is 64.5 cm³/mol. The molecule has 1 aromatic rings. The van der Waals surface area contributed by atoms with Crippen molar-refractivity contribution >= 4 is 5.69 Å². The summed E-state index contributed by atoms with van der Waals surface area (Å²) in [5.41, 5.74) is 7.87. The van der Waals surface area contributed by atoms with Crippen LogP contribution in [0.2, 0.25) is 0 Å². The van der Waals surface area contributed by atoms with Gasteiger partial charge >= 0.3 is 0 Å². The highest BCUT2D eigenvalue weighted by Gasteiger charge is 2.10. The van der Waals surface area contributed by atoms with E-state index in [0.717, 1.165) is 44.1 Å². The molecule has 2 heterocycles. The van der Waals surface area contributed by atoms with Crippen LogP contribution in [0.25, 0.3) is 0 Å². The SMILES string of the molecule is C[C@@H](N)c1ccc(N2CCCOCC2)cn1. The Bertz CT molecular complexity index is 316. The predicted octanol–water partition coefficient (Wildman–Crippen LogP) is 1.33. The zero-order valence-electron chi connectivity index (χ0n) is 9.72. The normalized spacial score (nSPS) is 19.2. The van der Waals surface area contributed by atoms with Gasteiger partial charge in [0, 0.05) is 25.7 Å². The van der Waals surface area contributed by atoms with Crippen LogP contribution >= 0.6 is 0 Å². The molecule has 0 radical (unpaired) electrons. The van der Waals surface area contributed by atoms with Gasteiger partial charge in [-0.2, -0.15) is 0 Å². The quantitative estimate of drug-likeness (QED) is 0.818. The summed E-state index contributed by atoms with van der Waals surface area (Å²) in [6.45, 7) is 5.59. The van der Waals surface area contributed by atoms with Crippen LogP contribution in [0.5, 0.6) is 0 Å². The van der Waals surface area contributed by atoms with E-state index in [9.17, 15) is 0 Å². The largest absolute Gasteiger partial charge is 0.380 e. The highest BCUT2D eigenvalue weighted by Crippen LogP contribution is 2.16. The van der Waals surface area contributed by atoms with Crippen molar-refractivity contribution in [3.8, 4) is 0 Å². The third-order valence-corrected chi connectivity index (χ3v) is 2.82. The molecular formula is C12H19N3O. The van der Waals surface area contributed by atoms with Crippen molar-refractivity contribution in [2.45, 2.75) is 19.4 Å². The van der Waals surface area contributed by atoms with Crippen LogP contribution in [0.15, 0.2) is 18.3 Å². The van der Waals surface area contributed by atoms with E-state index < -0.39 is 0 Å². The van der Waals surface area contributed by atoms with Crippen molar-refractivity contribution < 1.29 is 4.74 Å². The second kappa shape index (κ2) is 5.27. The molecule has 0 bridgehead atoms. The standard InChI is InChI=1S/C12H19N3O/c1-10(13)12-4-3-11(9-14-12)15-5-2-7-16-8-6-15/h3-4,9-10H,2,5-8,13H2,1H3/t10-/m1/s1. The molecule has 4 heteroatoms. The molecule has 2 N–H and O–H groups in total. The van der Waals surface area contributed by atoms with E-state index in [-0.39, 0.29) is 6.04 Å². The Labute approximate surface area is 96.4 Å². The van der Waals surface area contributed by atoms with Crippen LogP contribution < -0.4 is 10.6 Å². The smallest absolute Gasteiger partial charge is 0.0641 e. The third-order valence-electron chi connectivity index (χ3n) is 2.82. The van der Waals surface area contributed by atoms with Crippen LogP contribution in [-0.2, 0) is 4.74 Å². The molecule has 0 unspecified atom stereocenters. The van der Waals surface area contributed by atoms with Gasteiger partial charge in [0.2, 0.25) is 0 Å². The summed E-state index contributed by atoms with van der Waals surface area (Å²) < 4.78 is 5.43. The Hall–Kier alpha value is -1.13. The highest BCUT2D eigenvalue weighted by atomic mass is 16.5. The van der Waals surface area contributed by atoms with E-state index in [1.165, 1.54) is 0 Å². The first-order valence-corrected chi connectivity index (χ1v) is 5.81. The lowest BCUT2D eigenvalue weighted by Gasteiger charge is -2.21. The maximum absolute atomic E-state index is 5.77. The second-order valence-corrected chi connectivity index (χ2v) is 4.18. The maximum atomic E-state index is 5.77. The number of nitrogens with zero attached hydrogens (tertiary/aromatic N) is 2. The van der Waals surface area contributed by atoms with E-state index in [1.807, 2.05) is 19.2 Å². The summed E-state index contributed by atoms with van der Waals surface area (Å²) in [4.78, 5) is 6.69. The van der Waals surface area contributed by atoms with Gasteiger partial charge in [-0.05, 0) is 25.5 Å². The highest BCUT2D eigenvalue weighted by molar-refractivity contribution is 5.44. The minimum absolute atomic E-state index is 0.00140. The Morgan fingerprint density at radius 2 is 2.25 bits per heavy atom. The van der Waals surface area contributed by atoms with Crippen molar-refractivity contribution in [1.29, 1.82) is 0 Å². The van der Waals surface area contributed by atoms with Crippen molar-refractivity contribution in [1.82, 2.24) is 4.98 Å². The Morgan fingerprint density at radius 1 is 1.38 bits per heavy atom. The number of anilines is 1. The van der Waals surface area contributed by atoms with Crippen LogP contribution in [0.1, 0.15) is 25.1 Å². The molecule has 4 nitrogen and oxygen atoms in total. The van der Waals surface area contributed by atoms with Gasteiger partial charge in [-0.1, -0.05) is 0 Å². The molecular weight excluding hydrogens is 202 g/mol. The Balaban J connectivity index is 2.07. The Kier molecular flexibility index (Phi) is 3.74. The molecule has 1 atom stereocenters. The first-order chi connectivity index (χ1) is 7.77. The van der Waals surface area contributed by atoms with E-state index in [0.29, 0.717) is 0 Å². The van der Waals surface area contributed by atoms with E-state index in [1.54, 1.807) is 0 Å². The molecule has 1 aromatic heterocycles. The number of pyridine rings is 1. The number of hydrogen-bond acceptors (Lipinski definition) is 4. The molecule has 2 rings (SSSR count). The molecule has 1 aliphatic rings. The summed E-state index contributed by atoms with van der Waals surface area (Å²) in [6, 6.07) is 4.10. The summed E-state index contributed by atoms with van der Waals surface area (Å²) in [5.74, 6) is 0. The lowest BCUT2D eigenvalue weighted by molar-refractivity contribution is 0.152. The van der Waals surface area contributed by atoms with Gasteiger partial charge in [-0.3, -0.25) is 4.98 Å². The number of hydrogen-bond donors (Lipinski definition) is 1. The molecule has 1 aliphatic heterocycles. The minimum Gasteiger partial charge on any atom is -0.380 e. The second-order valence-electron chi connectivity index (χ2n) is 4.18. The van der Waals surface area contributed by atoms with E-state index in [2.05, 4.69) is 16.0 Å². The zero-order valence-corrected chi connectivity index (χ0v) is 9.72. The van der Waals surface area contributed by atoms with Gasteiger partial charge in [-0.15, -0.1) is 0 Å². The van der Waals surface area contributed by atoms with Gasteiger partial charge in [-0.25, -0.2) is 0 Å². The maximum Gasteiger partial charge on any atom is 0.0641 e. The summed E-state index contributed by atoms with van der Waals surface area (Å²) >= 11 is 0. The molecule has 0 aliphatic carbocycles. The first kappa shape index (κ1) is 11.4. The number of nitrogens with two attached hydrogens (primary N) is 1. The third kappa shape index (κ3) is 2.71. The van der Waals surface area contributed by atoms with Gasteiger partial charge in [0.15, 0.2) is 0 Å². The molecule has 16 heavy (non-hydrogen) atoms. The number of aromatic nitrogens is 1. The zero-order chi connectivity index (χ0) is 11.4. The van der Waals surface area contributed by atoms with Crippen LogP contribution in [0.3, 0.4) is 0 Å². The van der Waals surface area contributed by atoms with Crippen molar-refractivity contribution in [3.63, 3.8) is 0 Å². The van der Waals surface area contributed by atoms with Gasteiger partial charge < -0.3 is 15.4 Å². The fourth-order valence-corrected chi connectivity index (χ4v) is 1.86. The van der Waals surface area contributed by atoms with Crippen LogP contribution in [0, 0.1) is 0 Å². The van der Waals surface area contributed by atoms with Crippen LogP contribution in [0.4, 0.5) is 5.69 Å².